The predicted octanol–water partition coefficient (Wildman–Crippen LogP) is 0.751. The number of nitrogens with zero attached hydrogens (tertiary/aromatic N) is 1. The topological polar surface area (TPSA) is 106 Å². The molecule has 0 aliphatic rings. The Labute approximate surface area is 125 Å². The minimum Gasteiger partial charge on any atom is -0.497 e. The monoisotopic (exact) mass is 314 g/mol. The van der Waals surface area contributed by atoms with Crippen LogP contribution in [0.25, 0.3) is 0 Å². The summed E-state index contributed by atoms with van der Waals surface area (Å²) in [6.45, 7) is 2.40. The molecule has 0 fully saturated rings. The molecule has 0 radical (unpaired) electrons. The quantitative estimate of drug-likeness (QED) is 0.373. The molecule has 7 nitrogen and oxygen atoms in total. The second-order valence-electron chi connectivity index (χ2n) is 4.27. The molecule has 8 heteroatoms. The molecule has 1 aromatic carbocycles. The molecule has 21 heavy (non-hydrogen) atoms. The fourth-order valence-corrected chi connectivity index (χ4v) is 2.13. The van der Waals surface area contributed by atoms with Crippen molar-refractivity contribution in [3.8, 4) is 5.75 Å². The number of hydrogen-bond acceptors (Lipinski definition) is 4. The second kappa shape index (κ2) is 8.48. The van der Waals surface area contributed by atoms with E-state index in [4.69, 9.17) is 10.5 Å². The number of ether oxygens (including phenoxy) is 1. The van der Waals surface area contributed by atoms with Gasteiger partial charge < -0.3 is 15.8 Å². The van der Waals surface area contributed by atoms with Gasteiger partial charge in [-0.2, -0.15) is 0 Å². The van der Waals surface area contributed by atoms with E-state index < -0.39 is 10.0 Å². The molecule has 0 aromatic heterocycles. The van der Waals surface area contributed by atoms with E-state index in [0.29, 0.717) is 25.5 Å². The standard InChI is InChI=1S/C13H22N4O3S/c1-3-21(18,19)16-10-4-9-15-13(14)17-11-5-7-12(20-2)8-6-11/h5-8,16H,3-4,9-10H2,1-2H3,(H3,14,15,17). The highest BCUT2D eigenvalue weighted by Crippen LogP contribution is 2.14. The Balaban J connectivity index is 2.32. The molecule has 0 atom stereocenters. The van der Waals surface area contributed by atoms with Crippen LogP contribution in [-0.2, 0) is 10.0 Å². The van der Waals surface area contributed by atoms with Crippen LogP contribution < -0.4 is 20.5 Å². The number of sulfonamides is 1. The van der Waals surface area contributed by atoms with Gasteiger partial charge in [-0.05, 0) is 37.6 Å². The third-order valence-corrected chi connectivity index (χ3v) is 4.09. The zero-order valence-electron chi connectivity index (χ0n) is 12.3. The van der Waals surface area contributed by atoms with Crippen LogP contribution in [0.4, 0.5) is 5.69 Å². The number of aliphatic imine (C=N–C) groups is 1. The molecule has 1 aromatic rings. The van der Waals surface area contributed by atoms with Gasteiger partial charge in [0.1, 0.15) is 5.75 Å². The summed E-state index contributed by atoms with van der Waals surface area (Å²) in [5, 5.41) is 2.95. The fourth-order valence-electron chi connectivity index (χ4n) is 1.47. The fraction of sp³-hybridized carbons (Fsp3) is 0.462. The van der Waals surface area contributed by atoms with Crippen LogP contribution in [0.15, 0.2) is 29.3 Å². The number of benzene rings is 1. The van der Waals surface area contributed by atoms with E-state index in [0.717, 1.165) is 11.4 Å². The normalized spacial score (nSPS) is 12.2. The molecule has 118 valence electrons. The number of nitrogens with one attached hydrogen (secondary N) is 2. The van der Waals surface area contributed by atoms with Crippen molar-refractivity contribution in [3.63, 3.8) is 0 Å². The molecular formula is C13H22N4O3S. The minimum absolute atomic E-state index is 0.0808. The summed E-state index contributed by atoms with van der Waals surface area (Å²) in [6.07, 6.45) is 0.588. The van der Waals surface area contributed by atoms with Gasteiger partial charge in [-0.15, -0.1) is 0 Å². The Morgan fingerprint density at radius 1 is 1.33 bits per heavy atom. The average Bonchev–Trinajstić information content (AvgIpc) is 2.47. The Morgan fingerprint density at radius 2 is 2.00 bits per heavy atom. The van der Waals surface area contributed by atoms with Crippen molar-refractivity contribution < 1.29 is 13.2 Å². The first-order valence-electron chi connectivity index (χ1n) is 6.65. The molecule has 0 unspecified atom stereocenters. The van der Waals surface area contributed by atoms with Crippen molar-refractivity contribution in [1.29, 1.82) is 0 Å². The maximum absolute atomic E-state index is 11.2. The van der Waals surface area contributed by atoms with Gasteiger partial charge in [-0.1, -0.05) is 0 Å². The number of rotatable bonds is 8. The van der Waals surface area contributed by atoms with Crippen molar-refractivity contribution >= 4 is 21.7 Å². The zero-order valence-corrected chi connectivity index (χ0v) is 13.1. The molecule has 0 saturated heterocycles. The van der Waals surface area contributed by atoms with E-state index >= 15 is 0 Å². The van der Waals surface area contributed by atoms with Crippen molar-refractivity contribution in [3.05, 3.63) is 24.3 Å². The first-order valence-corrected chi connectivity index (χ1v) is 8.30. The van der Waals surface area contributed by atoms with Crippen LogP contribution in [0.1, 0.15) is 13.3 Å². The van der Waals surface area contributed by atoms with Crippen LogP contribution in [0.5, 0.6) is 5.75 Å². The van der Waals surface area contributed by atoms with E-state index in [9.17, 15) is 8.42 Å². The van der Waals surface area contributed by atoms with Crippen molar-refractivity contribution in [2.45, 2.75) is 13.3 Å². The van der Waals surface area contributed by atoms with Crippen molar-refractivity contribution in [1.82, 2.24) is 4.72 Å². The molecular weight excluding hydrogens is 292 g/mol. The second-order valence-corrected chi connectivity index (χ2v) is 6.37. The summed E-state index contributed by atoms with van der Waals surface area (Å²) < 4.78 is 29.9. The van der Waals surface area contributed by atoms with Gasteiger partial charge in [0.05, 0.1) is 12.9 Å². The number of hydrogen-bond donors (Lipinski definition) is 3. The van der Waals surface area contributed by atoms with Crippen molar-refractivity contribution in [2.24, 2.45) is 10.7 Å². The highest BCUT2D eigenvalue weighted by Gasteiger charge is 2.04. The lowest BCUT2D eigenvalue weighted by atomic mass is 10.3. The highest BCUT2D eigenvalue weighted by atomic mass is 32.2. The Morgan fingerprint density at radius 3 is 2.57 bits per heavy atom. The molecule has 0 aliphatic heterocycles. The van der Waals surface area contributed by atoms with Crippen LogP contribution in [0.3, 0.4) is 0 Å². The summed E-state index contributed by atoms with van der Waals surface area (Å²) in [6, 6.07) is 7.29. The number of methoxy groups -OCH3 is 1. The van der Waals surface area contributed by atoms with Gasteiger partial charge in [0.2, 0.25) is 10.0 Å². The van der Waals surface area contributed by atoms with E-state index in [1.54, 1.807) is 14.0 Å². The first kappa shape index (κ1) is 17.3. The zero-order chi connectivity index (χ0) is 15.7. The van der Waals surface area contributed by atoms with Gasteiger partial charge in [0.15, 0.2) is 5.96 Å². The van der Waals surface area contributed by atoms with E-state index in [1.807, 2.05) is 24.3 Å². The average molecular weight is 314 g/mol. The lowest BCUT2D eigenvalue weighted by Gasteiger charge is -2.07. The summed E-state index contributed by atoms with van der Waals surface area (Å²) in [5.41, 5.74) is 6.55. The van der Waals surface area contributed by atoms with E-state index in [-0.39, 0.29) is 5.75 Å². The number of anilines is 1. The summed E-state index contributed by atoms with van der Waals surface area (Å²) in [4.78, 5) is 4.12. The van der Waals surface area contributed by atoms with Crippen LogP contribution in [0, 0.1) is 0 Å². The largest absolute Gasteiger partial charge is 0.497 e. The summed E-state index contributed by atoms with van der Waals surface area (Å²) in [7, 11) is -1.53. The van der Waals surface area contributed by atoms with Gasteiger partial charge in [0, 0.05) is 18.8 Å². The molecule has 0 saturated carbocycles. The summed E-state index contributed by atoms with van der Waals surface area (Å²) in [5.74, 6) is 1.13. The molecule has 1 rings (SSSR count). The molecule has 0 spiro atoms. The Hall–Kier alpha value is -1.80. The summed E-state index contributed by atoms with van der Waals surface area (Å²) >= 11 is 0. The van der Waals surface area contributed by atoms with Gasteiger partial charge in [0.25, 0.3) is 0 Å². The minimum atomic E-state index is -3.13. The third kappa shape index (κ3) is 6.96. The third-order valence-electron chi connectivity index (χ3n) is 2.68. The van der Waals surface area contributed by atoms with Crippen LogP contribution in [-0.4, -0.2) is 40.3 Å². The van der Waals surface area contributed by atoms with Crippen LogP contribution in [0.2, 0.25) is 0 Å². The van der Waals surface area contributed by atoms with Crippen LogP contribution >= 0.6 is 0 Å². The smallest absolute Gasteiger partial charge is 0.211 e. The van der Waals surface area contributed by atoms with Gasteiger partial charge in [-0.25, -0.2) is 13.1 Å². The molecule has 0 amide bonds. The predicted molar refractivity (Wildman–Crippen MR) is 85.2 cm³/mol. The van der Waals surface area contributed by atoms with Gasteiger partial charge in [-0.3, -0.25) is 4.99 Å². The van der Waals surface area contributed by atoms with E-state index in [1.165, 1.54) is 0 Å². The van der Waals surface area contributed by atoms with Gasteiger partial charge >= 0.3 is 0 Å². The molecule has 4 N–H and O–H groups in total. The van der Waals surface area contributed by atoms with Crippen molar-refractivity contribution in [2.75, 3.05) is 31.3 Å². The first-order chi connectivity index (χ1) is 9.96. The Bertz CT molecular complexity index is 555. The maximum Gasteiger partial charge on any atom is 0.211 e. The Kier molecular flexibility index (Phi) is 6.97. The highest BCUT2D eigenvalue weighted by molar-refractivity contribution is 7.89. The molecule has 0 bridgehead atoms. The molecule has 0 aliphatic carbocycles. The van der Waals surface area contributed by atoms with E-state index in [2.05, 4.69) is 15.0 Å². The SMILES string of the molecule is CCS(=O)(=O)NCCCN=C(N)Nc1ccc(OC)cc1. The lowest BCUT2D eigenvalue weighted by molar-refractivity contribution is 0.415. The maximum atomic E-state index is 11.2. The number of nitrogens with two attached hydrogens (primary N) is 1. The number of guanidine groups is 1. The lowest BCUT2D eigenvalue weighted by Crippen LogP contribution is -2.27. The molecule has 0 heterocycles.